The second-order valence-electron chi connectivity index (χ2n) is 5.56. The summed E-state index contributed by atoms with van der Waals surface area (Å²) in [4.78, 5) is 13.7. The van der Waals surface area contributed by atoms with Gasteiger partial charge in [-0.25, -0.2) is 0 Å². The summed E-state index contributed by atoms with van der Waals surface area (Å²) >= 11 is 5.82. The van der Waals surface area contributed by atoms with Crippen molar-refractivity contribution >= 4 is 17.5 Å². The van der Waals surface area contributed by atoms with Crippen molar-refractivity contribution in [1.29, 1.82) is 0 Å². The number of hydrogen-bond donors (Lipinski definition) is 0. The van der Waals surface area contributed by atoms with E-state index in [-0.39, 0.29) is 12.5 Å². The van der Waals surface area contributed by atoms with Crippen LogP contribution >= 0.6 is 11.6 Å². The summed E-state index contributed by atoms with van der Waals surface area (Å²) in [6.07, 6.45) is 0. The first-order valence-corrected chi connectivity index (χ1v) is 8.27. The molecule has 0 saturated heterocycles. The predicted molar refractivity (Wildman–Crippen MR) is 97.8 cm³/mol. The van der Waals surface area contributed by atoms with E-state index in [1.54, 1.807) is 49.4 Å². The van der Waals surface area contributed by atoms with E-state index in [0.29, 0.717) is 35.4 Å². The highest BCUT2D eigenvalue weighted by molar-refractivity contribution is 6.30. The third-order valence-electron chi connectivity index (χ3n) is 3.61. The molecule has 6 heteroatoms. The molecule has 0 aromatic heterocycles. The van der Waals surface area contributed by atoms with Gasteiger partial charge >= 0.3 is 0 Å². The Kier molecular flexibility index (Phi) is 6.95. The highest BCUT2D eigenvalue weighted by atomic mass is 35.5. The second kappa shape index (κ2) is 9.18. The molecule has 0 N–H and O–H groups in total. The molecule has 0 bridgehead atoms. The minimum absolute atomic E-state index is 0.0587. The monoisotopic (exact) mass is 363 g/mol. The Hall–Kier alpha value is -2.40. The number of aryl methyl sites for hydroxylation is 1. The van der Waals surface area contributed by atoms with Gasteiger partial charge in [-0.3, -0.25) is 4.79 Å². The Balaban J connectivity index is 1.77. The molecule has 2 rings (SSSR count). The van der Waals surface area contributed by atoms with Gasteiger partial charge < -0.3 is 19.1 Å². The van der Waals surface area contributed by atoms with Gasteiger partial charge in [0.05, 0.1) is 13.7 Å². The van der Waals surface area contributed by atoms with Gasteiger partial charge in [0.25, 0.3) is 5.91 Å². The van der Waals surface area contributed by atoms with E-state index in [4.69, 9.17) is 25.8 Å². The number of benzene rings is 2. The van der Waals surface area contributed by atoms with Crippen molar-refractivity contribution < 1.29 is 19.0 Å². The summed E-state index contributed by atoms with van der Waals surface area (Å²) in [7, 11) is 3.28. The summed E-state index contributed by atoms with van der Waals surface area (Å²) in [5.41, 5.74) is 1.06. The van der Waals surface area contributed by atoms with Crippen LogP contribution in [0.1, 0.15) is 5.56 Å². The van der Waals surface area contributed by atoms with E-state index < -0.39 is 0 Å². The first kappa shape index (κ1) is 18.9. The molecule has 0 aliphatic rings. The maximum atomic E-state index is 12.2. The van der Waals surface area contributed by atoms with Crippen LogP contribution in [0.25, 0.3) is 0 Å². The van der Waals surface area contributed by atoms with Crippen LogP contribution in [0, 0.1) is 6.92 Å². The summed E-state index contributed by atoms with van der Waals surface area (Å²) < 4.78 is 16.4. The largest absolute Gasteiger partial charge is 0.493 e. The number of hydrogen-bond acceptors (Lipinski definition) is 4. The normalized spacial score (nSPS) is 10.2. The molecular weight excluding hydrogens is 342 g/mol. The van der Waals surface area contributed by atoms with Gasteiger partial charge in [0, 0.05) is 12.1 Å². The average Bonchev–Trinajstić information content (AvgIpc) is 2.61. The zero-order valence-electron chi connectivity index (χ0n) is 14.6. The molecule has 2 aromatic carbocycles. The minimum Gasteiger partial charge on any atom is -0.493 e. The Morgan fingerprint density at radius 2 is 1.80 bits per heavy atom. The second-order valence-corrected chi connectivity index (χ2v) is 6.00. The average molecular weight is 364 g/mol. The van der Waals surface area contributed by atoms with Gasteiger partial charge in [0.1, 0.15) is 12.4 Å². The fourth-order valence-corrected chi connectivity index (χ4v) is 2.23. The first-order valence-electron chi connectivity index (χ1n) is 7.89. The lowest BCUT2D eigenvalue weighted by Crippen LogP contribution is -2.34. The number of halogens is 1. The zero-order valence-corrected chi connectivity index (χ0v) is 15.4. The lowest BCUT2D eigenvalue weighted by molar-refractivity contribution is -0.132. The number of likely N-dealkylation sites (N-methyl/N-ethyl adjacent to an activating group) is 1. The third-order valence-corrected chi connectivity index (χ3v) is 3.86. The highest BCUT2D eigenvalue weighted by Crippen LogP contribution is 2.27. The topological polar surface area (TPSA) is 48.0 Å². The van der Waals surface area contributed by atoms with Crippen molar-refractivity contribution in [3.63, 3.8) is 0 Å². The number of methoxy groups -OCH3 is 1. The number of ether oxygens (including phenoxy) is 3. The van der Waals surface area contributed by atoms with Gasteiger partial charge in [-0.15, -0.1) is 0 Å². The molecule has 25 heavy (non-hydrogen) atoms. The Morgan fingerprint density at radius 1 is 1.08 bits per heavy atom. The molecule has 5 nitrogen and oxygen atoms in total. The SMILES string of the molecule is COc1cc(C)ccc1OCC(=O)N(C)CCOc1ccc(Cl)cc1. The fraction of sp³-hybridized carbons (Fsp3) is 0.316. The summed E-state index contributed by atoms with van der Waals surface area (Å²) in [6, 6.07) is 12.7. The summed E-state index contributed by atoms with van der Waals surface area (Å²) in [6.45, 7) is 2.75. The fourth-order valence-electron chi connectivity index (χ4n) is 2.10. The first-order chi connectivity index (χ1) is 12.0. The van der Waals surface area contributed by atoms with E-state index >= 15 is 0 Å². The van der Waals surface area contributed by atoms with Gasteiger partial charge in [-0.2, -0.15) is 0 Å². The van der Waals surface area contributed by atoms with Crippen molar-refractivity contribution in [2.24, 2.45) is 0 Å². The molecule has 0 radical (unpaired) electrons. The Labute approximate surface area is 153 Å². The van der Waals surface area contributed by atoms with Gasteiger partial charge in [0.2, 0.25) is 0 Å². The number of carbonyl (C=O) groups excluding carboxylic acids is 1. The molecule has 0 unspecified atom stereocenters. The minimum atomic E-state index is -0.137. The summed E-state index contributed by atoms with van der Waals surface area (Å²) in [5, 5.41) is 0.656. The van der Waals surface area contributed by atoms with Crippen LogP contribution in [0.3, 0.4) is 0 Å². The van der Waals surface area contributed by atoms with Crippen LogP contribution in [0.15, 0.2) is 42.5 Å². The molecule has 0 heterocycles. The number of rotatable bonds is 8. The number of amides is 1. The van der Waals surface area contributed by atoms with Crippen LogP contribution in [0.2, 0.25) is 5.02 Å². The van der Waals surface area contributed by atoms with Crippen molar-refractivity contribution in [2.75, 3.05) is 33.9 Å². The van der Waals surface area contributed by atoms with Gasteiger partial charge in [-0.05, 0) is 48.9 Å². The van der Waals surface area contributed by atoms with Gasteiger partial charge in [0.15, 0.2) is 18.1 Å². The van der Waals surface area contributed by atoms with E-state index in [2.05, 4.69) is 0 Å². The van der Waals surface area contributed by atoms with Crippen LogP contribution < -0.4 is 14.2 Å². The third kappa shape index (κ3) is 5.87. The standard InChI is InChI=1S/C19H22ClNO4/c1-14-4-9-17(18(12-14)23-3)25-13-19(22)21(2)10-11-24-16-7-5-15(20)6-8-16/h4-9,12H,10-11,13H2,1-3H3. The maximum Gasteiger partial charge on any atom is 0.260 e. The molecule has 134 valence electrons. The smallest absolute Gasteiger partial charge is 0.260 e. The van der Waals surface area contributed by atoms with Crippen LogP contribution in [0.5, 0.6) is 17.2 Å². The summed E-state index contributed by atoms with van der Waals surface area (Å²) in [5.74, 6) is 1.74. The lowest BCUT2D eigenvalue weighted by atomic mass is 10.2. The predicted octanol–water partition coefficient (Wildman–Crippen LogP) is 3.57. The van der Waals surface area contributed by atoms with E-state index in [1.807, 2.05) is 19.1 Å². The molecule has 0 saturated carbocycles. The molecule has 0 aliphatic heterocycles. The van der Waals surface area contributed by atoms with Gasteiger partial charge in [-0.1, -0.05) is 17.7 Å². The zero-order chi connectivity index (χ0) is 18.2. The molecule has 0 aliphatic carbocycles. The van der Waals surface area contributed by atoms with Crippen LogP contribution in [0.4, 0.5) is 0 Å². The van der Waals surface area contributed by atoms with E-state index in [1.165, 1.54) is 0 Å². The number of nitrogens with zero attached hydrogens (tertiary/aromatic N) is 1. The Morgan fingerprint density at radius 3 is 2.48 bits per heavy atom. The highest BCUT2D eigenvalue weighted by Gasteiger charge is 2.12. The molecular formula is C19H22ClNO4. The molecule has 0 fully saturated rings. The van der Waals surface area contributed by atoms with Crippen molar-refractivity contribution in [3.05, 3.63) is 53.1 Å². The quantitative estimate of drug-likeness (QED) is 0.719. The van der Waals surface area contributed by atoms with Crippen LogP contribution in [-0.2, 0) is 4.79 Å². The van der Waals surface area contributed by atoms with Crippen molar-refractivity contribution in [2.45, 2.75) is 6.92 Å². The molecule has 2 aromatic rings. The maximum absolute atomic E-state index is 12.2. The number of carbonyl (C=O) groups is 1. The molecule has 0 spiro atoms. The molecule has 0 atom stereocenters. The van der Waals surface area contributed by atoms with E-state index in [0.717, 1.165) is 5.56 Å². The Bertz CT molecular complexity index is 703. The van der Waals surface area contributed by atoms with Crippen molar-refractivity contribution in [3.8, 4) is 17.2 Å². The van der Waals surface area contributed by atoms with Crippen LogP contribution in [-0.4, -0.2) is 44.7 Å². The lowest BCUT2D eigenvalue weighted by Gasteiger charge is -2.18. The van der Waals surface area contributed by atoms with E-state index in [9.17, 15) is 4.79 Å². The van der Waals surface area contributed by atoms with Crippen molar-refractivity contribution in [1.82, 2.24) is 4.90 Å². The molecule has 1 amide bonds.